The van der Waals surface area contributed by atoms with Gasteiger partial charge < -0.3 is 5.32 Å². The number of amides is 1. The lowest BCUT2D eigenvalue weighted by Crippen LogP contribution is -2.44. The Morgan fingerprint density at radius 1 is 1.38 bits per heavy atom. The highest BCUT2D eigenvalue weighted by molar-refractivity contribution is 8.01. The molecule has 3 rings (SSSR count). The van der Waals surface area contributed by atoms with Gasteiger partial charge in [0.05, 0.1) is 11.4 Å². The molecule has 0 bridgehead atoms. The van der Waals surface area contributed by atoms with E-state index in [0.717, 1.165) is 10.8 Å². The highest BCUT2D eigenvalue weighted by Crippen LogP contribution is 2.30. The molecule has 3 atom stereocenters. The average Bonchev–Trinajstić information content (AvgIpc) is 2.99. The number of rotatable bonds is 5. The molecule has 1 aliphatic carbocycles. The van der Waals surface area contributed by atoms with E-state index in [1.807, 2.05) is 0 Å². The van der Waals surface area contributed by atoms with E-state index in [1.165, 1.54) is 48.1 Å². The molecule has 1 N–H and O–H groups in total. The first-order valence-electron chi connectivity index (χ1n) is 8.72. The molecule has 0 spiro atoms. The average molecular weight is 412 g/mol. The Bertz CT molecular complexity index is 818. The predicted octanol–water partition coefficient (Wildman–Crippen LogP) is 4.84. The fraction of sp³-hybridized carbons (Fsp3) is 0.500. The normalized spacial score (nSPS) is 23.0. The van der Waals surface area contributed by atoms with Crippen molar-refractivity contribution >= 4 is 41.2 Å². The minimum atomic E-state index is -0.298. The summed E-state index contributed by atoms with van der Waals surface area (Å²) < 4.78 is 16.0. The smallest absolute Gasteiger partial charge is 0.230 e. The summed E-state index contributed by atoms with van der Waals surface area (Å²) in [5.74, 6) is 1.22. The Hall–Kier alpha value is -1.25. The number of carbonyl (C=O) groups is 1. The quantitative estimate of drug-likeness (QED) is 0.565. The lowest BCUT2D eigenvalue weighted by molar-refractivity contribution is -0.119. The van der Waals surface area contributed by atoms with Crippen molar-refractivity contribution in [3.63, 3.8) is 0 Å². The lowest BCUT2D eigenvalue weighted by atomic mass is 9.78. The monoisotopic (exact) mass is 411 g/mol. The molecule has 1 fully saturated rings. The third-order valence-corrected chi connectivity index (χ3v) is 7.35. The highest BCUT2D eigenvalue weighted by Gasteiger charge is 2.28. The molecule has 8 heteroatoms. The van der Waals surface area contributed by atoms with Crippen molar-refractivity contribution in [3.8, 4) is 5.69 Å². The van der Waals surface area contributed by atoms with Crippen molar-refractivity contribution in [2.75, 3.05) is 5.75 Å². The van der Waals surface area contributed by atoms with E-state index in [0.29, 0.717) is 27.2 Å². The van der Waals surface area contributed by atoms with Crippen LogP contribution in [0.25, 0.3) is 5.69 Å². The van der Waals surface area contributed by atoms with Gasteiger partial charge in [-0.1, -0.05) is 49.8 Å². The Balaban J connectivity index is 1.58. The molecule has 1 saturated carbocycles. The van der Waals surface area contributed by atoms with Crippen LogP contribution in [0.1, 0.15) is 33.1 Å². The van der Waals surface area contributed by atoms with Gasteiger partial charge in [0.1, 0.15) is 5.82 Å². The minimum absolute atomic E-state index is 0.0374. The van der Waals surface area contributed by atoms with Crippen molar-refractivity contribution in [2.45, 2.75) is 43.5 Å². The van der Waals surface area contributed by atoms with Gasteiger partial charge in [0, 0.05) is 6.04 Å². The van der Waals surface area contributed by atoms with Gasteiger partial charge in [0.25, 0.3) is 0 Å². The zero-order valence-electron chi connectivity index (χ0n) is 14.8. The van der Waals surface area contributed by atoms with Crippen LogP contribution in [-0.4, -0.2) is 27.5 Å². The van der Waals surface area contributed by atoms with Gasteiger partial charge >= 0.3 is 0 Å². The zero-order chi connectivity index (χ0) is 18.7. The number of thioether (sulfide) groups is 1. The first kappa shape index (κ1) is 19.5. The van der Waals surface area contributed by atoms with Crippen LogP contribution in [-0.2, 0) is 4.79 Å². The van der Waals surface area contributed by atoms with E-state index in [9.17, 15) is 9.18 Å². The molecule has 26 heavy (non-hydrogen) atoms. The second kappa shape index (κ2) is 8.63. The van der Waals surface area contributed by atoms with Gasteiger partial charge in [0.15, 0.2) is 8.29 Å². The molecular weight excluding hydrogens is 389 g/mol. The van der Waals surface area contributed by atoms with Gasteiger partial charge in [-0.25, -0.2) is 9.07 Å². The van der Waals surface area contributed by atoms with E-state index in [4.69, 9.17) is 12.2 Å². The Kier molecular flexibility index (Phi) is 6.47. The Morgan fingerprint density at radius 2 is 2.12 bits per heavy atom. The van der Waals surface area contributed by atoms with Crippen molar-refractivity contribution in [3.05, 3.63) is 34.0 Å². The summed E-state index contributed by atoms with van der Waals surface area (Å²) in [5.41, 5.74) is 0.717. The van der Waals surface area contributed by atoms with Crippen LogP contribution < -0.4 is 5.32 Å². The van der Waals surface area contributed by atoms with E-state index in [-0.39, 0.29) is 17.8 Å². The van der Waals surface area contributed by atoms with Crippen LogP contribution in [0.15, 0.2) is 28.6 Å². The SMILES string of the molecule is C[C@@H]1[C@H](C)CCC[C@@H]1NC(=O)CSc1nn(-c2ccc(F)cc2)c(=S)s1. The van der Waals surface area contributed by atoms with E-state index < -0.39 is 0 Å². The molecule has 0 unspecified atom stereocenters. The molecule has 140 valence electrons. The summed E-state index contributed by atoms with van der Waals surface area (Å²) >= 11 is 8.08. The third kappa shape index (κ3) is 4.72. The maximum atomic E-state index is 13.1. The van der Waals surface area contributed by atoms with Crippen molar-refractivity contribution < 1.29 is 9.18 Å². The lowest BCUT2D eigenvalue weighted by Gasteiger charge is -2.34. The van der Waals surface area contributed by atoms with Crippen LogP contribution in [0.3, 0.4) is 0 Å². The maximum Gasteiger partial charge on any atom is 0.230 e. The Morgan fingerprint density at radius 3 is 2.85 bits per heavy atom. The summed E-state index contributed by atoms with van der Waals surface area (Å²) in [7, 11) is 0. The molecular formula is C18H22FN3OS3. The van der Waals surface area contributed by atoms with Gasteiger partial charge in [-0.3, -0.25) is 4.79 Å². The number of benzene rings is 1. The first-order valence-corrected chi connectivity index (χ1v) is 10.9. The van der Waals surface area contributed by atoms with Crippen LogP contribution >= 0.6 is 35.3 Å². The number of aromatic nitrogens is 2. The molecule has 1 aliphatic rings. The molecule has 1 aromatic carbocycles. The first-order chi connectivity index (χ1) is 12.4. The predicted molar refractivity (Wildman–Crippen MR) is 107 cm³/mol. The Labute approximate surface area is 166 Å². The van der Waals surface area contributed by atoms with Crippen LogP contribution in [0.5, 0.6) is 0 Å². The molecule has 0 aliphatic heterocycles. The van der Waals surface area contributed by atoms with Crippen LogP contribution in [0, 0.1) is 21.6 Å². The summed E-state index contributed by atoms with van der Waals surface area (Å²) in [6, 6.07) is 6.29. The van der Waals surface area contributed by atoms with Crippen LogP contribution in [0.4, 0.5) is 4.39 Å². The number of halogens is 1. The molecule has 1 amide bonds. The zero-order valence-corrected chi connectivity index (χ0v) is 17.2. The van der Waals surface area contributed by atoms with Gasteiger partial charge in [-0.15, -0.1) is 5.10 Å². The number of nitrogens with zero attached hydrogens (tertiary/aromatic N) is 2. The number of hydrogen-bond acceptors (Lipinski definition) is 5. The molecule has 0 saturated heterocycles. The van der Waals surface area contributed by atoms with Gasteiger partial charge in [-0.2, -0.15) is 0 Å². The van der Waals surface area contributed by atoms with Gasteiger partial charge in [0.2, 0.25) is 5.91 Å². The van der Waals surface area contributed by atoms with Crippen LogP contribution in [0.2, 0.25) is 0 Å². The second-order valence-corrected chi connectivity index (χ2v) is 9.60. The highest BCUT2D eigenvalue weighted by atomic mass is 32.2. The minimum Gasteiger partial charge on any atom is -0.352 e. The van der Waals surface area contributed by atoms with Crippen molar-refractivity contribution in [1.29, 1.82) is 0 Å². The number of nitrogens with one attached hydrogen (secondary N) is 1. The van der Waals surface area contributed by atoms with Crippen molar-refractivity contribution in [1.82, 2.24) is 15.1 Å². The largest absolute Gasteiger partial charge is 0.352 e. The van der Waals surface area contributed by atoms with Crippen molar-refractivity contribution in [2.24, 2.45) is 11.8 Å². The van der Waals surface area contributed by atoms with E-state index in [2.05, 4.69) is 24.3 Å². The summed E-state index contributed by atoms with van der Waals surface area (Å²) in [5, 5.41) is 7.62. The standard InChI is InChI=1S/C18H22FN3OS3/c1-11-4-3-5-15(12(11)2)20-16(23)10-25-17-21-22(18(24)26-17)14-8-6-13(19)7-9-14/h6-9,11-12,15H,3-5,10H2,1-2H3,(H,20,23)/t11-,12-,15+/m1/s1. The number of carbonyl (C=O) groups excluding carboxylic acids is 1. The summed E-state index contributed by atoms with van der Waals surface area (Å²) in [6.45, 7) is 4.48. The summed E-state index contributed by atoms with van der Waals surface area (Å²) in [4.78, 5) is 12.3. The molecule has 1 heterocycles. The number of hydrogen-bond donors (Lipinski definition) is 1. The third-order valence-electron chi connectivity index (χ3n) is 4.98. The molecule has 4 nitrogen and oxygen atoms in total. The molecule has 1 aromatic heterocycles. The van der Waals surface area contributed by atoms with E-state index in [1.54, 1.807) is 16.8 Å². The maximum absolute atomic E-state index is 13.1. The second-order valence-electron chi connectivity index (χ2n) is 6.75. The topological polar surface area (TPSA) is 46.9 Å². The molecule has 0 radical (unpaired) electrons. The fourth-order valence-corrected chi connectivity index (χ4v) is 5.40. The van der Waals surface area contributed by atoms with E-state index >= 15 is 0 Å². The van der Waals surface area contributed by atoms with Gasteiger partial charge in [-0.05, 0) is 54.7 Å². The molecule has 2 aromatic rings. The summed E-state index contributed by atoms with van der Waals surface area (Å²) in [6.07, 6.45) is 3.47. The fourth-order valence-electron chi connectivity index (χ4n) is 3.23.